The summed E-state index contributed by atoms with van der Waals surface area (Å²) in [4.78, 5) is 13.8. The molecule has 0 amide bonds. The first kappa shape index (κ1) is 14.5. The molecule has 1 fully saturated rings. The van der Waals surface area contributed by atoms with Gasteiger partial charge in [-0.15, -0.1) is 11.3 Å². The van der Waals surface area contributed by atoms with Gasteiger partial charge in [-0.25, -0.2) is 10.8 Å². The van der Waals surface area contributed by atoms with Gasteiger partial charge in [0.05, 0.1) is 5.39 Å². The minimum Gasteiger partial charge on any atom is -0.353 e. The lowest BCUT2D eigenvalue weighted by atomic mass is 9.86. The van der Waals surface area contributed by atoms with Gasteiger partial charge >= 0.3 is 0 Å². The number of hydrogen-bond donors (Lipinski definition) is 2. The van der Waals surface area contributed by atoms with E-state index in [1.165, 1.54) is 11.3 Å². The largest absolute Gasteiger partial charge is 0.353 e. The predicted octanol–water partition coefficient (Wildman–Crippen LogP) is 3.16. The Morgan fingerprint density at radius 2 is 2.10 bits per heavy atom. The number of nitrogen functional groups attached to an aromatic ring is 1. The van der Waals surface area contributed by atoms with Crippen molar-refractivity contribution >= 4 is 33.3 Å². The second-order valence-electron chi connectivity index (χ2n) is 6.30. The normalized spacial score (nSPS) is 26.3. The number of hydrogen-bond acceptors (Lipinski definition) is 6. The van der Waals surface area contributed by atoms with E-state index in [9.17, 15) is 0 Å². The van der Waals surface area contributed by atoms with Crippen molar-refractivity contribution < 1.29 is 0 Å². The number of nitrogens with one attached hydrogen (secondary N) is 1. The Hall–Kier alpha value is -1.40. The standard InChI is InChI=1S/C15H23N5S/c1-8-5-9(2)11(4)20(7-8)13-12-6-10(3)21-14(12)18-15(17-13)19-16/h6,8-9,11H,5,7,16H2,1-4H3,(H,17,18,19). The highest BCUT2D eigenvalue weighted by Crippen LogP contribution is 2.36. The highest BCUT2D eigenvalue weighted by atomic mass is 32.1. The van der Waals surface area contributed by atoms with Crippen molar-refractivity contribution in [2.75, 3.05) is 16.9 Å². The molecule has 0 saturated carbocycles. The van der Waals surface area contributed by atoms with Crippen molar-refractivity contribution in [2.45, 2.75) is 40.2 Å². The molecule has 2 aromatic heterocycles. The first-order valence-electron chi connectivity index (χ1n) is 7.51. The molecule has 6 heteroatoms. The van der Waals surface area contributed by atoms with Crippen LogP contribution in [-0.4, -0.2) is 22.6 Å². The minimum absolute atomic E-state index is 0.477. The van der Waals surface area contributed by atoms with Crippen molar-refractivity contribution in [2.24, 2.45) is 17.7 Å². The Morgan fingerprint density at radius 1 is 1.33 bits per heavy atom. The summed E-state index contributed by atoms with van der Waals surface area (Å²) in [5.74, 6) is 8.40. The third-order valence-corrected chi connectivity index (χ3v) is 5.44. The summed E-state index contributed by atoms with van der Waals surface area (Å²) in [6, 6.07) is 2.66. The summed E-state index contributed by atoms with van der Waals surface area (Å²) in [5.41, 5.74) is 2.60. The van der Waals surface area contributed by atoms with E-state index in [4.69, 9.17) is 5.84 Å². The number of anilines is 2. The number of aromatic nitrogens is 2. The molecule has 3 heterocycles. The van der Waals surface area contributed by atoms with E-state index in [1.807, 2.05) is 0 Å². The molecule has 1 aliphatic heterocycles. The van der Waals surface area contributed by atoms with Crippen LogP contribution in [0.15, 0.2) is 6.07 Å². The minimum atomic E-state index is 0.477. The van der Waals surface area contributed by atoms with Crippen molar-refractivity contribution in [1.82, 2.24) is 9.97 Å². The van der Waals surface area contributed by atoms with Crippen molar-refractivity contribution in [3.05, 3.63) is 10.9 Å². The average Bonchev–Trinajstić information content (AvgIpc) is 2.81. The lowest BCUT2D eigenvalue weighted by Crippen LogP contribution is -2.46. The van der Waals surface area contributed by atoms with Crippen LogP contribution in [0.1, 0.15) is 32.1 Å². The van der Waals surface area contributed by atoms with Gasteiger partial charge < -0.3 is 4.90 Å². The van der Waals surface area contributed by atoms with E-state index >= 15 is 0 Å². The molecule has 0 aliphatic carbocycles. The fourth-order valence-electron chi connectivity index (χ4n) is 3.31. The van der Waals surface area contributed by atoms with Crippen LogP contribution in [0.3, 0.4) is 0 Å². The third kappa shape index (κ3) is 2.58. The molecule has 3 rings (SSSR count). The van der Waals surface area contributed by atoms with Gasteiger partial charge in [0.2, 0.25) is 5.95 Å². The number of piperidine rings is 1. The van der Waals surface area contributed by atoms with Gasteiger partial charge in [0.25, 0.3) is 0 Å². The van der Waals surface area contributed by atoms with Crippen LogP contribution in [0.2, 0.25) is 0 Å². The van der Waals surface area contributed by atoms with Crippen LogP contribution < -0.4 is 16.2 Å². The number of nitrogens with two attached hydrogens (primary N) is 1. The zero-order chi connectivity index (χ0) is 15.1. The summed E-state index contributed by atoms with van der Waals surface area (Å²) in [6.45, 7) is 10.1. The van der Waals surface area contributed by atoms with Gasteiger partial charge in [-0.1, -0.05) is 13.8 Å². The lowest BCUT2D eigenvalue weighted by molar-refractivity contribution is 0.296. The second-order valence-corrected chi connectivity index (χ2v) is 7.54. The van der Waals surface area contributed by atoms with Crippen molar-refractivity contribution in [3.8, 4) is 0 Å². The van der Waals surface area contributed by atoms with Gasteiger partial charge in [0.1, 0.15) is 10.6 Å². The molecular weight excluding hydrogens is 282 g/mol. The summed E-state index contributed by atoms with van der Waals surface area (Å²) >= 11 is 1.69. The molecule has 3 atom stereocenters. The number of aryl methyl sites for hydroxylation is 1. The molecule has 21 heavy (non-hydrogen) atoms. The van der Waals surface area contributed by atoms with E-state index in [2.05, 4.69) is 54.1 Å². The van der Waals surface area contributed by atoms with Gasteiger partial charge in [-0.2, -0.15) is 4.98 Å². The maximum absolute atomic E-state index is 5.55. The Bertz CT molecular complexity index is 653. The molecule has 1 aliphatic rings. The van der Waals surface area contributed by atoms with Crippen LogP contribution >= 0.6 is 11.3 Å². The lowest BCUT2D eigenvalue weighted by Gasteiger charge is -2.42. The number of rotatable bonds is 2. The van der Waals surface area contributed by atoms with E-state index in [-0.39, 0.29) is 0 Å². The zero-order valence-electron chi connectivity index (χ0n) is 13.1. The number of hydrazine groups is 1. The third-order valence-electron chi connectivity index (χ3n) is 4.49. The number of fused-ring (bicyclic) bond motifs is 1. The molecule has 0 spiro atoms. The summed E-state index contributed by atoms with van der Waals surface area (Å²) in [7, 11) is 0. The topological polar surface area (TPSA) is 67.1 Å². The maximum atomic E-state index is 5.55. The fourth-order valence-corrected chi connectivity index (χ4v) is 4.18. The highest BCUT2D eigenvalue weighted by Gasteiger charge is 2.31. The molecule has 0 bridgehead atoms. The molecular formula is C15H23N5S. The molecule has 5 nitrogen and oxygen atoms in total. The Balaban J connectivity index is 2.13. The first-order chi connectivity index (χ1) is 9.99. The zero-order valence-corrected chi connectivity index (χ0v) is 13.9. The molecule has 2 aromatic rings. The fraction of sp³-hybridized carbons (Fsp3) is 0.600. The molecule has 114 valence electrons. The van der Waals surface area contributed by atoms with Crippen LogP contribution in [0.25, 0.3) is 10.2 Å². The molecule has 0 radical (unpaired) electrons. The van der Waals surface area contributed by atoms with Crippen LogP contribution in [0.5, 0.6) is 0 Å². The quantitative estimate of drug-likeness (QED) is 0.659. The number of thiophene rings is 1. The predicted molar refractivity (Wildman–Crippen MR) is 89.7 cm³/mol. The van der Waals surface area contributed by atoms with Crippen LogP contribution in [0, 0.1) is 18.8 Å². The first-order valence-corrected chi connectivity index (χ1v) is 8.32. The number of nitrogens with zero attached hydrogens (tertiary/aromatic N) is 3. The van der Waals surface area contributed by atoms with Gasteiger partial charge in [0, 0.05) is 17.5 Å². The molecule has 3 N–H and O–H groups in total. The average molecular weight is 305 g/mol. The van der Waals surface area contributed by atoms with Crippen LogP contribution in [0.4, 0.5) is 11.8 Å². The Labute approximate surface area is 129 Å². The summed E-state index contributed by atoms with van der Waals surface area (Å²) in [5, 5.41) is 1.14. The van der Waals surface area contributed by atoms with Gasteiger partial charge in [-0.05, 0) is 38.2 Å². The molecule has 0 aromatic carbocycles. The Morgan fingerprint density at radius 3 is 2.81 bits per heavy atom. The van der Waals surface area contributed by atoms with Gasteiger partial charge in [-0.3, -0.25) is 5.43 Å². The summed E-state index contributed by atoms with van der Waals surface area (Å²) in [6.07, 6.45) is 1.27. The van der Waals surface area contributed by atoms with Crippen LogP contribution in [-0.2, 0) is 0 Å². The Kier molecular flexibility index (Phi) is 3.75. The van der Waals surface area contributed by atoms with E-state index in [1.54, 1.807) is 11.3 Å². The van der Waals surface area contributed by atoms with E-state index in [0.717, 1.165) is 22.6 Å². The maximum Gasteiger partial charge on any atom is 0.240 e. The summed E-state index contributed by atoms with van der Waals surface area (Å²) < 4.78 is 0. The van der Waals surface area contributed by atoms with Crippen molar-refractivity contribution in [3.63, 3.8) is 0 Å². The SMILES string of the molecule is Cc1cc2c(N3CC(C)CC(C)C3C)nc(NN)nc2s1. The smallest absolute Gasteiger partial charge is 0.240 e. The molecule has 3 unspecified atom stereocenters. The van der Waals surface area contributed by atoms with Crippen molar-refractivity contribution in [1.29, 1.82) is 0 Å². The van der Waals surface area contributed by atoms with E-state index in [0.29, 0.717) is 23.8 Å². The molecule has 1 saturated heterocycles. The monoisotopic (exact) mass is 305 g/mol. The van der Waals surface area contributed by atoms with Gasteiger partial charge in [0.15, 0.2) is 0 Å². The highest BCUT2D eigenvalue weighted by molar-refractivity contribution is 7.18. The second kappa shape index (κ2) is 5.42. The van der Waals surface area contributed by atoms with E-state index < -0.39 is 0 Å².